The first-order chi connectivity index (χ1) is 6.92. The molecule has 1 heteroatoms. The molecule has 0 amide bonds. The Bertz CT molecular complexity index is 268. The summed E-state index contributed by atoms with van der Waals surface area (Å²) in [5.74, 6) is 1.61. The van der Waals surface area contributed by atoms with Crippen molar-refractivity contribution in [3.63, 3.8) is 0 Å². The summed E-state index contributed by atoms with van der Waals surface area (Å²) in [4.78, 5) is 0. The van der Waals surface area contributed by atoms with Crippen LogP contribution < -0.4 is 5.32 Å². The summed E-state index contributed by atoms with van der Waals surface area (Å²) in [7, 11) is 0. The Labute approximate surface area is 86.5 Å². The summed E-state index contributed by atoms with van der Waals surface area (Å²) in [5.41, 5.74) is 1.53. The van der Waals surface area contributed by atoms with E-state index in [1.165, 1.54) is 31.5 Å². The Kier molecular flexibility index (Phi) is 3.20. The molecule has 0 saturated carbocycles. The lowest BCUT2D eigenvalue weighted by Crippen LogP contribution is -2.35. The number of piperidine rings is 1. The van der Waals surface area contributed by atoms with Crippen molar-refractivity contribution in [3.8, 4) is 0 Å². The van der Waals surface area contributed by atoms with E-state index >= 15 is 0 Å². The topological polar surface area (TPSA) is 12.0 Å². The van der Waals surface area contributed by atoms with Gasteiger partial charge in [-0.3, -0.25) is 0 Å². The lowest BCUT2D eigenvalue weighted by atomic mass is 9.80. The van der Waals surface area contributed by atoms with E-state index < -0.39 is 0 Å². The maximum absolute atomic E-state index is 3.49. The van der Waals surface area contributed by atoms with Crippen molar-refractivity contribution < 1.29 is 0 Å². The van der Waals surface area contributed by atoms with Crippen molar-refractivity contribution in [2.45, 2.75) is 25.7 Å². The van der Waals surface area contributed by atoms with E-state index in [0.29, 0.717) is 0 Å². The van der Waals surface area contributed by atoms with E-state index in [4.69, 9.17) is 0 Å². The summed E-state index contributed by atoms with van der Waals surface area (Å²) in [5, 5.41) is 3.49. The van der Waals surface area contributed by atoms with Crippen molar-refractivity contribution in [2.75, 3.05) is 13.1 Å². The Morgan fingerprint density at radius 2 is 2.07 bits per heavy atom. The van der Waals surface area contributed by atoms with Gasteiger partial charge in [-0.1, -0.05) is 43.7 Å². The summed E-state index contributed by atoms with van der Waals surface area (Å²) in [6.07, 6.45) is 2.58. The Morgan fingerprint density at radius 3 is 2.79 bits per heavy atom. The lowest BCUT2D eigenvalue weighted by Gasteiger charge is -2.31. The number of benzene rings is 1. The third-order valence-corrected chi connectivity index (χ3v) is 3.36. The van der Waals surface area contributed by atoms with Crippen molar-refractivity contribution in [1.82, 2.24) is 5.32 Å². The van der Waals surface area contributed by atoms with Gasteiger partial charge < -0.3 is 5.32 Å². The second kappa shape index (κ2) is 4.61. The smallest absolute Gasteiger partial charge is 0.00148 e. The van der Waals surface area contributed by atoms with Crippen LogP contribution in [-0.2, 0) is 0 Å². The van der Waals surface area contributed by atoms with Gasteiger partial charge in [0, 0.05) is 0 Å². The molecular weight excluding hydrogens is 170 g/mol. The average molecular weight is 189 g/mol. The summed E-state index contributed by atoms with van der Waals surface area (Å²) < 4.78 is 0. The molecule has 0 bridgehead atoms. The molecule has 1 nitrogen and oxygen atoms in total. The zero-order valence-electron chi connectivity index (χ0n) is 8.87. The van der Waals surface area contributed by atoms with Gasteiger partial charge in [0.05, 0.1) is 0 Å². The molecule has 0 unspecified atom stereocenters. The van der Waals surface area contributed by atoms with Crippen LogP contribution in [0.2, 0.25) is 0 Å². The van der Waals surface area contributed by atoms with Crippen LogP contribution in [0.3, 0.4) is 0 Å². The average Bonchev–Trinajstić information content (AvgIpc) is 2.30. The molecule has 0 spiro atoms. The van der Waals surface area contributed by atoms with Crippen LogP contribution in [0, 0.1) is 5.92 Å². The molecule has 0 radical (unpaired) electrons. The van der Waals surface area contributed by atoms with Gasteiger partial charge in [-0.15, -0.1) is 0 Å². The predicted octanol–water partition coefficient (Wildman–Crippen LogP) is 2.79. The van der Waals surface area contributed by atoms with E-state index in [1.807, 2.05) is 0 Å². The van der Waals surface area contributed by atoms with Gasteiger partial charge in [0.25, 0.3) is 0 Å². The third-order valence-electron chi connectivity index (χ3n) is 3.36. The van der Waals surface area contributed by atoms with Gasteiger partial charge in [0.15, 0.2) is 0 Å². The van der Waals surface area contributed by atoms with Crippen LogP contribution in [0.1, 0.15) is 31.2 Å². The molecule has 2 rings (SSSR count). The summed E-state index contributed by atoms with van der Waals surface area (Å²) in [6, 6.07) is 11.0. The van der Waals surface area contributed by atoms with Gasteiger partial charge in [-0.05, 0) is 36.9 Å². The van der Waals surface area contributed by atoms with Crippen molar-refractivity contribution >= 4 is 0 Å². The molecule has 0 aromatic heterocycles. The summed E-state index contributed by atoms with van der Waals surface area (Å²) in [6.45, 7) is 4.67. The van der Waals surface area contributed by atoms with Gasteiger partial charge in [0.2, 0.25) is 0 Å². The maximum Gasteiger partial charge on any atom is -0.00148 e. The minimum Gasteiger partial charge on any atom is -0.316 e. The first kappa shape index (κ1) is 9.72. The number of hydrogen-bond acceptors (Lipinski definition) is 1. The van der Waals surface area contributed by atoms with Crippen LogP contribution in [0.5, 0.6) is 0 Å². The quantitative estimate of drug-likeness (QED) is 0.754. The molecule has 0 aliphatic carbocycles. The molecule has 1 aliphatic rings. The van der Waals surface area contributed by atoms with Crippen LogP contribution in [0.15, 0.2) is 30.3 Å². The van der Waals surface area contributed by atoms with Crippen LogP contribution >= 0.6 is 0 Å². The maximum atomic E-state index is 3.49. The molecule has 1 fully saturated rings. The predicted molar refractivity (Wildman–Crippen MR) is 60.5 cm³/mol. The molecule has 1 saturated heterocycles. The fraction of sp³-hybridized carbons (Fsp3) is 0.538. The molecule has 76 valence electrons. The molecule has 1 aliphatic heterocycles. The molecule has 1 heterocycles. The molecule has 1 N–H and O–H groups in total. The lowest BCUT2D eigenvalue weighted by molar-refractivity contribution is 0.318. The zero-order chi connectivity index (χ0) is 9.80. The molecular formula is C13H19N. The van der Waals surface area contributed by atoms with Crippen LogP contribution in [0.25, 0.3) is 0 Å². The van der Waals surface area contributed by atoms with Crippen LogP contribution in [-0.4, -0.2) is 13.1 Å². The number of hydrogen-bond donors (Lipinski definition) is 1. The second-order valence-corrected chi connectivity index (χ2v) is 4.18. The second-order valence-electron chi connectivity index (χ2n) is 4.18. The van der Waals surface area contributed by atoms with E-state index in [1.54, 1.807) is 0 Å². The highest BCUT2D eigenvalue weighted by molar-refractivity contribution is 5.21. The normalized spacial score (nSPS) is 27.5. The molecule has 14 heavy (non-hydrogen) atoms. The van der Waals surface area contributed by atoms with Gasteiger partial charge in [-0.2, -0.15) is 0 Å². The van der Waals surface area contributed by atoms with Crippen molar-refractivity contribution in [3.05, 3.63) is 35.9 Å². The largest absolute Gasteiger partial charge is 0.316 e. The fourth-order valence-electron chi connectivity index (χ4n) is 2.49. The summed E-state index contributed by atoms with van der Waals surface area (Å²) >= 11 is 0. The third kappa shape index (κ3) is 1.98. The minimum absolute atomic E-state index is 0.780. The van der Waals surface area contributed by atoms with E-state index in [0.717, 1.165) is 11.8 Å². The van der Waals surface area contributed by atoms with Gasteiger partial charge >= 0.3 is 0 Å². The highest BCUT2D eigenvalue weighted by Gasteiger charge is 2.24. The fourth-order valence-corrected chi connectivity index (χ4v) is 2.49. The standard InChI is InChI=1S/C13H19N/c1-2-11-10-14-9-8-13(11)12-6-4-3-5-7-12/h3-7,11,13-14H,2,8-10H2,1H3/t11-,13+/m0/s1. The monoisotopic (exact) mass is 189 g/mol. The van der Waals surface area contributed by atoms with E-state index in [2.05, 4.69) is 42.6 Å². The SMILES string of the molecule is CC[C@H]1CNCC[C@H]1c1ccccc1. The molecule has 1 aromatic rings. The van der Waals surface area contributed by atoms with Gasteiger partial charge in [-0.25, -0.2) is 0 Å². The van der Waals surface area contributed by atoms with E-state index in [-0.39, 0.29) is 0 Å². The van der Waals surface area contributed by atoms with Crippen molar-refractivity contribution in [1.29, 1.82) is 0 Å². The molecule has 1 aromatic carbocycles. The Hall–Kier alpha value is -0.820. The zero-order valence-corrected chi connectivity index (χ0v) is 8.87. The Balaban J connectivity index is 2.15. The highest BCUT2D eigenvalue weighted by Crippen LogP contribution is 2.31. The first-order valence-electron chi connectivity index (χ1n) is 5.67. The highest BCUT2D eigenvalue weighted by atomic mass is 14.9. The van der Waals surface area contributed by atoms with Crippen molar-refractivity contribution in [2.24, 2.45) is 5.92 Å². The van der Waals surface area contributed by atoms with Crippen LogP contribution in [0.4, 0.5) is 0 Å². The number of nitrogens with one attached hydrogen (secondary N) is 1. The number of rotatable bonds is 2. The van der Waals surface area contributed by atoms with Gasteiger partial charge in [0.1, 0.15) is 0 Å². The first-order valence-corrected chi connectivity index (χ1v) is 5.67. The Morgan fingerprint density at radius 1 is 1.29 bits per heavy atom. The minimum atomic E-state index is 0.780. The van der Waals surface area contributed by atoms with E-state index in [9.17, 15) is 0 Å². The molecule has 2 atom stereocenters.